The van der Waals surface area contributed by atoms with Crippen LogP contribution >= 0.6 is 0 Å². The van der Waals surface area contributed by atoms with E-state index in [1.807, 2.05) is 31.2 Å². The zero-order valence-corrected chi connectivity index (χ0v) is 16.3. The van der Waals surface area contributed by atoms with Crippen LogP contribution in [0.3, 0.4) is 0 Å². The van der Waals surface area contributed by atoms with Crippen molar-refractivity contribution in [2.45, 2.75) is 20.8 Å². The van der Waals surface area contributed by atoms with Crippen LogP contribution in [-0.4, -0.2) is 24.2 Å². The Labute approximate surface area is 159 Å². The highest BCUT2D eigenvalue weighted by Crippen LogP contribution is 2.31. The number of aromatic nitrogens is 2. The molecule has 1 heterocycles. The van der Waals surface area contributed by atoms with Crippen LogP contribution in [0.15, 0.2) is 42.5 Å². The fraction of sp³-hybridized carbons (Fsp3) is 0.238. The molecule has 0 saturated heterocycles. The van der Waals surface area contributed by atoms with Crippen LogP contribution in [0.4, 0.5) is 23.1 Å². The summed E-state index contributed by atoms with van der Waals surface area (Å²) in [6.07, 6.45) is 0. The quantitative estimate of drug-likeness (QED) is 0.648. The molecule has 1 aromatic heterocycles. The molecule has 0 aliphatic heterocycles. The summed E-state index contributed by atoms with van der Waals surface area (Å²) >= 11 is 0. The molecule has 0 aliphatic rings. The molecule has 0 fully saturated rings. The summed E-state index contributed by atoms with van der Waals surface area (Å²) in [4.78, 5) is 9.10. The molecular formula is C21H24N4O2. The number of hydrogen-bond acceptors (Lipinski definition) is 6. The topological polar surface area (TPSA) is 68.3 Å². The van der Waals surface area contributed by atoms with Gasteiger partial charge in [-0.25, -0.2) is 4.98 Å². The molecule has 27 heavy (non-hydrogen) atoms. The highest BCUT2D eigenvalue weighted by molar-refractivity contribution is 5.68. The van der Waals surface area contributed by atoms with E-state index in [4.69, 9.17) is 9.47 Å². The molecule has 6 nitrogen and oxygen atoms in total. The molecule has 6 heteroatoms. The fourth-order valence-electron chi connectivity index (χ4n) is 2.73. The predicted octanol–water partition coefficient (Wildman–Crippen LogP) is 4.91. The van der Waals surface area contributed by atoms with Crippen molar-refractivity contribution < 1.29 is 9.47 Å². The Bertz CT molecular complexity index is 957. The molecule has 140 valence electrons. The number of ether oxygens (including phenoxy) is 2. The molecule has 0 saturated carbocycles. The van der Waals surface area contributed by atoms with E-state index in [0.717, 1.165) is 28.4 Å². The molecular weight excluding hydrogens is 340 g/mol. The first-order valence-electron chi connectivity index (χ1n) is 8.67. The number of nitrogens with zero attached hydrogens (tertiary/aromatic N) is 2. The molecule has 0 unspecified atom stereocenters. The van der Waals surface area contributed by atoms with E-state index in [9.17, 15) is 0 Å². The van der Waals surface area contributed by atoms with Gasteiger partial charge in [0, 0.05) is 23.5 Å². The number of methoxy groups -OCH3 is 2. The minimum absolute atomic E-state index is 0.535. The second-order valence-electron chi connectivity index (χ2n) is 6.35. The standard InChI is InChI=1S/C21H24N4O2/c1-13-6-7-14(2)17(10-13)24-21-22-15(3)11-20(25-21)23-18-12-16(26-4)8-9-19(18)27-5/h6-12H,1-5H3,(H2,22,23,24,25). The fourth-order valence-corrected chi connectivity index (χ4v) is 2.73. The maximum Gasteiger partial charge on any atom is 0.229 e. The Kier molecular flexibility index (Phi) is 5.45. The second kappa shape index (κ2) is 7.95. The smallest absolute Gasteiger partial charge is 0.229 e. The molecule has 0 amide bonds. The van der Waals surface area contributed by atoms with Gasteiger partial charge in [0.05, 0.1) is 19.9 Å². The molecule has 0 bridgehead atoms. The highest BCUT2D eigenvalue weighted by atomic mass is 16.5. The lowest BCUT2D eigenvalue weighted by Crippen LogP contribution is -2.04. The van der Waals surface area contributed by atoms with E-state index >= 15 is 0 Å². The minimum Gasteiger partial charge on any atom is -0.497 e. The lowest BCUT2D eigenvalue weighted by Gasteiger charge is -2.14. The number of benzene rings is 2. The van der Waals surface area contributed by atoms with Crippen LogP contribution in [-0.2, 0) is 0 Å². The van der Waals surface area contributed by atoms with Crippen molar-refractivity contribution in [3.63, 3.8) is 0 Å². The van der Waals surface area contributed by atoms with Gasteiger partial charge in [0.15, 0.2) is 0 Å². The molecule has 3 rings (SSSR count). The van der Waals surface area contributed by atoms with E-state index < -0.39 is 0 Å². The van der Waals surface area contributed by atoms with Gasteiger partial charge >= 0.3 is 0 Å². The monoisotopic (exact) mass is 364 g/mol. The maximum absolute atomic E-state index is 5.42. The van der Waals surface area contributed by atoms with Crippen LogP contribution in [0, 0.1) is 20.8 Å². The van der Waals surface area contributed by atoms with Crippen molar-refractivity contribution in [2.24, 2.45) is 0 Å². The van der Waals surface area contributed by atoms with Gasteiger partial charge in [0.2, 0.25) is 5.95 Å². The Hall–Kier alpha value is -3.28. The van der Waals surface area contributed by atoms with Crippen LogP contribution in [0.5, 0.6) is 11.5 Å². The first-order chi connectivity index (χ1) is 13.0. The van der Waals surface area contributed by atoms with Crippen molar-refractivity contribution >= 4 is 23.1 Å². The van der Waals surface area contributed by atoms with Crippen LogP contribution in [0.25, 0.3) is 0 Å². The lowest BCUT2D eigenvalue weighted by atomic mass is 10.1. The second-order valence-corrected chi connectivity index (χ2v) is 6.35. The van der Waals surface area contributed by atoms with Crippen LogP contribution < -0.4 is 20.1 Å². The molecule has 2 N–H and O–H groups in total. The zero-order chi connectivity index (χ0) is 19.4. The van der Waals surface area contributed by atoms with Crippen molar-refractivity contribution in [1.82, 2.24) is 9.97 Å². The summed E-state index contributed by atoms with van der Waals surface area (Å²) in [5, 5.41) is 6.61. The zero-order valence-electron chi connectivity index (χ0n) is 16.3. The van der Waals surface area contributed by atoms with E-state index in [-0.39, 0.29) is 0 Å². The Morgan fingerprint density at radius 1 is 0.778 bits per heavy atom. The molecule has 0 radical (unpaired) electrons. The predicted molar refractivity (Wildman–Crippen MR) is 109 cm³/mol. The van der Waals surface area contributed by atoms with Gasteiger partial charge in [-0.15, -0.1) is 0 Å². The Morgan fingerprint density at radius 2 is 1.59 bits per heavy atom. The van der Waals surface area contributed by atoms with E-state index in [1.54, 1.807) is 14.2 Å². The average molecular weight is 364 g/mol. The molecule has 0 aliphatic carbocycles. The third-order valence-electron chi connectivity index (χ3n) is 4.16. The Morgan fingerprint density at radius 3 is 2.33 bits per heavy atom. The maximum atomic E-state index is 5.42. The summed E-state index contributed by atoms with van der Waals surface area (Å²) in [5.74, 6) is 2.64. The van der Waals surface area contributed by atoms with Gasteiger partial charge in [-0.1, -0.05) is 12.1 Å². The highest BCUT2D eigenvalue weighted by Gasteiger charge is 2.09. The number of anilines is 4. The Balaban J connectivity index is 1.91. The SMILES string of the molecule is COc1ccc(OC)c(Nc2cc(C)nc(Nc3cc(C)ccc3C)n2)c1. The van der Waals surface area contributed by atoms with Gasteiger partial charge in [0.1, 0.15) is 17.3 Å². The molecule has 3 aromatic rings. The minimum atomic E-state index is 0.535. The van der Waals surface area contributed by atoms with Crippen molar-refractivity contribution in [1.29, 1.82) is 0 Å². The van der Waals surface area contributed by atoms with Gasteiger partial charge < -0.3 is 20.1 Å². The number of rotatable bonds is 6. The van der Waals surface area contributed by atoms with Gasteiger partial charge in [-0.3, -0.25) is 0 Å². The van der Waals surface area contributed by atoms with Crippen molar-refractivity contribution in [3.8, 4) is 11.5 Å². The summed E-state index contributed by atoms with van der Waals surface area (Å²) < 4.78 is 10.7. The van der Waals surface area contributed by atoms with Crippen molar-refractivity contribution in [2.75, 3.05) is 24.9 Å². The average Bonchev–Trinajstić information content (AvgIpc) is 2.64. The van der Waals surface area contributed by atoms with E-state index in [2.05, 4.69) is 52.6 Å². The van der Waals surface area contributed by atoms with Gasteiger partial charge in [-0.2, -0.15) is 4.98 Å². The van der Waals surface area contributed by atoms with Gasteiger partial charge in [-0.05, 0) is 50.1 Å². The first-order valence-corrected chi connectivity index (χ1v) is 8.67. The third kappa shape index (κ3) is 4.47. The summed E-state index contributed by atoms with van der Waals surface area (Å²) in [7, 11) is 3.26. The number of hydrogen-bond donors (Lipinski definition) is 2. The lowest BCUT2D eigenvalue weighted by molar-refractivity contribution is 0.405. The summed E-state index contributed by atoms with van der Waals surface area (Å²) in [6, 6.07) is 13.7. The molecule has 0 spiro atoms. The van der Waals surface area contributed by atoms with Crippen LogP contribution in [0.1, 0.15) is 16.8 Å². The largest absolute Gasteiger partial charge is 0.497 e. The molecule has 2 aromatic carbocycles. The number of aryl methyl sites for hydroxylation is 3. The third-order valence-corrected chi connectivity index (χ3v) is 4.16. The normalized spacial score (nSPS) is 10.4. The van der Waals surface area contributed by atoms with Gasteiger partial charge in [0.25, 0.3) is 0 Å². The molecule has 0 atom stereocenters. The summed E-state index contributed by atoms with van der Waals surface area (Å²) in [5.41, 5.74) is 4.92. The van der Waals surface area contributed by atoms with Crippen LogP contribution in [0.2, 0.25) is 0 Å². The van der Waals surface area contributed by atoms with E-state index in [1.165, 1.54) is 5.56 Å². The summed E-state index contributed by atoms with van der Waals surface area (Å²) in [6.45, 7) is 6.05. The first kappa shape index (κ1) is 18.5. The number of nitrogens with one attached hydrogen (secondary N) is 2. The van der Waals surface area contributed by atoms with E-state index in [0.29, 0.717) is 17.5 Å². The van der Waals surface area contributed by atoms with Crippen molar-refractivity contribution in [3.05, 3.63) is 59.3 Å².